The van der Waals surface area contributed by atoms with Crippen molar-refractivity contribution in [3.8, 4) is 0 Å². The smallest absolute Gasteiger partial charge is 0.323 e. The van der Waals surface area contributed by atoms with E-state index in [1.807, 2.05) is 0 Å². The number of carbonyl (C=O) groups excluding carboxylic acids is 2. The third-order valence-corrected chi connectivity index (χ3v) is 2.95. The molecule has 1 N–H and O–H groups in total. The summed E-state index contributed by atoms with van der Waals surface area (Å²) in [5.74, 6) is -1.31. The number of ether oxygens (including phenoxy) is 2. The molecule has 18 heavy (non-hydrogen) atoms. The van der Waals surface area contributed by atoms with Crippen LogP contribution in [0.15, 0.2) is 0 Å². The number of carbonyl (C=O) groups is 2. The first-order valence-electron chi connectivity index (χ1n) is 6.30. The Balaban J connectivity index is 5.15. The third kappa shape index (κ3) is 4.29. The maximum Gasteiger partial charge on any atom is 0.323 e. The van der Waals surface area contributed by atoms with Crippen molar-refractivity contribution in [3.63, 3.8) is 0 Å². The fraction of sp³-hybridized carbons (Fsp3) is 0.846. The quantitative estimate of drug-likeness (QED) is 0.557. The summed E-state index contributed by atoms with van der Waals surface area (Å²) < 4.78 is 9.83. The van der Waals surface area contributed by atoms with Crippen molar-refractivity contribution in [3.05, 3.63) is 0 Å². The Morgan fingerprint density at radius 3 is 1.67 bits per heavy atom. The minimum absolute atomic E-state index is 0.0197. The second kappa shape index (κ2) is 6.73. The summed E-state index contributed by atoms with van der Waals surface area (Å²) in [4.78, 5) is 23.9. The zero-order valence-electron chi connectivity index (χ0n) is 11.9. The Hall–Kier alpha value is -1.10. The van der Waals surface area contributed by atoms with Gasteiger partial charge in [-0.2, -0.15) is 0 Å². The first kappa shape index (κ1) is 16.9. The Morgan fingerprint density at radius 2 is 1.39 bits per heavy atom. The summed E-state index contributed by atoms with van der Waals surface area (Å²) in [6.45, 7) is 8.53. The average Bonchev–Trinajstić information content (AvgIpc) is 2.29. The monoisotopic (exact) mass is 260 g/mol. The fourth-order valence-electron chi connectivity index (χ4n) is 1.70. The van der Waals surface area contributed by atoms with Crippen LogP contribution in [-0.4, -0.2) is 35.9 Å². The van der Waals surface area contributed by atoms with E-state index in [2.05, 4.69) is 0 Å². The highest BCUT2D eigenvalue weighted by Gasteiger charge is 2.48. The highest BCUT2D eigenvalue weighted by atomic mass is 16.6. The van der Waals surface area contributed by atoms with E-state index in [0.717, 1.165) is 0 Å². The molecule has 0 aromatic rings. The first-order valence-corrected chi connectivity index (χ1v) is 6.30. The van der Waals surface area contributed by atoms with E-state index in [4.69, 9.17) is 9.47 Å². The van der Waals surface area contributed by atoms with Crippen LogP contribution in [-0.2, 0) is 19.1 Å². The number of esters is 2. The van der Waals surface area contributed by atoms with E-state index < -0.39 is 23.0 Å². The Labute approximate surface area is 108 Å². The SMILES string of the molecule is CCOC(=O)C(C)(CC(C)(O)CC)C(=O)OCC. The van der Waals surface area contributed by atoms with Gasteiger partial charge in [-0.1, -0.05) is 6.92 Å². The van der Waals surface area contributed by atoms with Gasteiger partial charge in [-0.25, -0.2) is 0 Å². The first-order chi connectivity index (χ1) is 8.23. The number of rotatable bonds is 7. The van der Waals surface area contributed by atoms with Crippen LogP contribution in [0.2, 0.25) is 0 Å². The molecule has 0 aliphatic rings. The maximum absolute atomic E-state index is 11.9. The summed E-state index contributed by atoms with van der Waals surface area (Å²) in [7, 11) is 0. The standard InChI is InChI=1S/C13H24O5/c1-6-12(4,16)9-13(5,10(14)17-7-2)11(15)18-8-3/h16H,6-9H2,1-5H3. The highest BCUT2D eigenvalue weighted by molar-refractivity contribution is 5.99. The lowest BCUT2D eigenvalue weighted by molar-refractivity contribution is -0.175. The van der Waals surface area contributed by atoms with E-state index in [1.54, 1.807) is 27.7 Å². The molecule has 0 aliphatic carbocycles. The summed E-state index contributed by atoms with van der Waals surface area (Å²) in [6, 6.07) is 0. The molecule has 0 saturated heterocycles. The molecule has 0 aliphatic heterocycles. The maximum atomic E-state index is 11.9. The van der Waals surface area contributed by atoms with Gasteiger partial charge in [0.05, 0.1) is 18.8 Å². The molecule has 0 rings (SSSR count). The zero-order valence-corrected chi connectivity index (χ0v) is 11.9. The van der Waals surface area contributed by atoms with E-state index in [-0.39, 0.29) is 19.6 Å². The molecule has 0 fully saturated rings. The molecular formula is C13H24O5. The van der Waals surface area contributed by atoms with Crippen LogP contribution in [0.25, 0.3) is 0 Å². The molecule has 0 radical (unpaired) electrons. The van der Waals surface area contributed by atoms with Crippen molar-refractivity contribution >= 4 is 11.9 Å². The topological polar surface area (TPSA) is 72.8 Å². The molecule has 0 bridgehead atoms. The van der Waals surface area contributed by atoms with Gasteiger partial charge in [-0.3, -0.25) is 9.59 Å². The molecule has 5 nitrogen and oxygen atoms in total. The molecule has 5 heteroatoms. The van der Waals surface area contributed by atoms with Gasteiger partial charge in [0.15, 0.2) is 5.41 Å². The number of aliphatic hydroxyl groups is 1. The van der Waals surface area contributed by atoms with Crippen LogP contribution in [0.5, 0.6) is 0 Å². The summed E-state index contributed by atoms with van der Waals surface area (Å²) in [6.07, 6.45) is 0.412. The Morgan fingerprint density at radius 1 is 1.00 bits per heavy atom. The predicted molar refractivity (Wildman–Crippen MR) is 66.9 cm³/mol. The Bertz CT molecular complexity index is 278. The average molecular weight is 260 g/mol. The van der Waals surface area contributed by atoms with Crippen LogP contribution < -0.4 is 0 Å². The molecule has 0 aromatic carbocycles. The predicted octanol–water partition coefficient (Wildman–Crippen LogP) is 1.67. The largest absolute Gasteiger partial charge is 0.465 e. The van der Waals surface area contributed by atoms with Crippen molar-refractivity contribution in [2.75, 3.05) is 13.2 Å². The van der Waals surface area contributed by atoms with Crippen LogP contribution in [0.4, 0.5) is 0 Å². The summed E-state index contributed by atoms with van der Waals surface area (Å²) >= 11 is 0. The lowest BCUT2D eigenvalue weighted by Crippen LogP contribution is -2.45. The van der Waals surface area contributed by atoms with Gasteiger partial charge in [0, 0.05) is 6.42 Å². The second-order valence-corrected chi connectivity index (χ2v) is 4.80. The number of hydrogen-bond donors (Lipinski definition) is 1. The van der Waals surface area contributed by atoms with Crippen molar-refractivity contribution in [2.24, 2.45) is 5.41 Å². The van der Waals surface area contributed by atoms with Gasteiger partial charge in [0.1, 0.15) is 0 Å². The molecule has 1 unspecified atom stereocenters. The highest BCUT2D eigenvalue weighted by Crippen LogP contribution is 2.33. The molecule has 106 valence electrons. The Kier molecular flexibility index (Phi) is 6.32. The van der Waals surface area contributed by atoms with Crippen molar-refractivity contribution < 1.29 is 24.2 Å². The molecule has 0 spiro atoms. The lowest BCUT2D eigenvalue weighted by Gasteiger charge is -2.32. The minimum Gasteiger partial charge on any atom is -0.465 e. The van der Waals surface area contributed by atoms with E-state index >= 15 is 0 Å². The summed E-state index contributed by atoms with van der Waals surface area (Å²) in [5, 5.41) is 10.1. The molecule has 1 atom stereocenters. The van der Waals surface area contributed by atoms with Crippen LogP contribution >= 0.6 is 0 Å². The molecule has 0 saturated carbocycles. The molecule has 0 amide bonds. The van der Waals surface area contributed by atoms with E-state index in [0.29, 0.717) is 6.42 Å². The van der Waals surface area contributed by atoms with Gasteiger partial charge in [0.2, 0.25) is 0 Å². The van der Waals surface area contributed by atoms with Crippen molar-refractivity contribution in [2.45, 2.75) is 53.1 Å². The number of hydrogen-bond acceptors (Lipinski definition) is 5. The van der Waals surface area contributed by atoms with Gasteiger partial charge >= 0.3 is 11.9 Å². The van der Waals surface area contributed by atoms with Gasteiger partial charge < -0.3 is 14.6 Å². The summed E-state index contributed by atoms with van der Waals surface area (Å²) in [5.41, 5.74) is -2.58. The molecule has 0 heterocycles. The van der Waals surface area contributed by atoms with Gasteiger partial charge in [0.25, 0.3) is 0 Å². The van der Waals surface area contributed by atoms with Gasteiger partial charge in [-0.15, -0.1) is 0 Å². The normalized spacial score (nSPS) is 14.8. The minimum atomic E-state index is -1.47. The lowest BCUT2D eigenvalue weighted by atomic mass is 9.78. The molecule has 0 aromatic heterocycles. The fourth-order valence-corrected chi connectivity index (χ4v) is 1.70. The van der Waals surface area contributed by atoms with E-state index in [9.17, 15) is 14.7 Å². The zero-order chi connectivity index (χ0) is 14.4. The van der Waals surface area contributed by atoms with Gasteiger partial charge in [-0.05, 0) is 34.1 Å². The third-order valence-electron chi connectivity index (χ3n) is 2.95. The van der Waals surface area contributed by atoms with Crippen LogP contribution in [0.1, 0.15) is 47.5 Å². The van der Waals surface area contributed by atoms with Crippen molar-refractivity contribution in [1.82, 2.24) is 0 Å². The van der Waals surface area contributed by atoms with Crippen LogP contribution in [0.3, 0.4) is 0 Å². The van der Waals surface area contributed by atoms with Crippen LogP contribution in [0, 0.1) is 5.41 Å². The second-order valence-electron chi connectivity index (χ2n) is 4.80. The van der Waals surface area contributed by atoms with E-state index in [1.165, 1.54) is 6.92 Å². The molecular weight excluding hydrogens is 236 g/mol. The van der Waals surface area contributed by atoms with Crippen molar-refractivity contribution in [1.29, 1.82) is 0 Å².